The first-order valence-electron chi connectivity index (χ1n) is 9.37. The van der Waals surface area contributed by atoms with Crippen LogP contribution in [0.3, 0.4) is 0 Å². The lowest BCUT2D eigenvalue weighted by molar-refractivity contribution is -0.129. The molecule has 0 bridgehead atoms. The fraction of sp³-hybridized carbons (Fsp3) is 0.524. The zero-order valence-electron chi connectivity index (χ0n) is 17.2. The van der Waals surface area contributed by atoms with Crippen LogP contribution in [-0.2, 0) is 4.79 Å². The van der Waals surface area contributed by atoms with Crippen molar-refractivity contribution in [1.29, 1.82) is 0 Å². The molecular weight excluding hydrogens is 356 g/mol. The van der Waals surface area contributed by atoms with E-state index in [2.05, 4.69) is 56.8 Å². The number of hydrogen-bond acceptors (Lipinski definition) is 4. The van der Waals surface area contributed by atoms with Crippen molar-refractivity contribution in [2.75, 3.05) is 32.9 Å². The second-order valence-corrected chi connectivity index (χ2v) is 9.49. The minimum absolute atomic E-state index is 0.0273. The summed E-state index contributed by atoms with van der Waals surface area (Å²) in [6.45, 7) is 10.3. The van der Waals surface area contributed by atoms with Crippen LogP contribution in [0, 0.1) is 19.3 Å². The highest BCUT2D eigenvalue weighted by molar-refractivity contribution is 8.00. The van der Waals surface area contributed by atoms with Gasteiger partial charge in [0, 0.05) is 24.3 Å². The van der Waals surface area contributed by atoms with E-state index in [1.807, 2.05) is 29.8 Å². The highest BCUT2D eigenvalue weighted by atomic mass is 32.2. The van der Waals surface area contributed by atoms with Crippen LogP contribution in [0.1, 0.15) is 36.2 Å². The minimum atomic E-state index is 0.0273. The largest absolute Gasteiger partial charge is 0.325 e. The first-order chi connectivity index (χ1) is 12.7. The molecule has 0 N–H and O–H groups in total. The first-order valence-corrected chi connectivity index (χ1v) is 10.4. The molecular formula is C21H30N4OS. The number of carbonyl (C=O) groups excluding carboxylic acids is 1. The number of amides is 1. The molecule has 2 heterocycles. The molecule has 0 saturated carbocycles. The molecule has 3 rings (SSSR count). The van der Waals surface area contributed by atoms with E-state index in [1.165, 1.54) is 5.56 Å². The van der Waals surface area contributed by atoms with Gasteiger partial charge < -0.3 is 9.80 Å². The number of carbonyl (C=O) groups is 1. The number of nitrogens with zero attached hydrogens (tertiary/aromatic N) is 4. The van der Waals surface area contributed by atoms with E-state index in [0.717, 1.165) is 30.2 Å². The SMILES string of the molecule is Cc1nn(-c2ccccc2)c(C)c1C1SCC(=O)N1CC(C)(C)CN(C)C. The Labute approximate surface area is 166 Å². The lowest BCUT2D eigenvalue weighted by Gasteiger charge is -2.35. The molecule has 1 aliphatic rings. The summed E-state index contributed by atoms with van der Waals surface area (Å²) in [5.74, 6) is 0.765. The van der Waals surface area contributed by atoms with Crippen molar-refractivity contribution >= 4 is 17.7 Å². The van der Waals surface area contributed by atoms with Crippen LogP contribution in [0.15, 0.2) is 30.3 Å². The monoisotopic (exact) mass is 386 g/mol. The summed E-state index contributed by atoms with van der Waals surface area (Å²) < 4.78 is 2.00. The Morgan fingerprint density at radius 3 is 2.52 bits per heavy atom. The van der Waals surface area contributed by atoms with Gasteiger partial charge >= 0.3 is 0 Å². The number of benzene rings is 1. The average Bonchev–Trinajstić information content (AvgIpc) is 3.07. The van der Waals surface area contributed by atoms with E-state index in [9.17, 15) is 4.79 Å². The second kappa shape index (κ2) is 7.68. The Bertz CT molecular complexity index is 813. The van der Waals surface area contributed by atoms with Gasteiger partial charge in [-0.05, 0) is 45.5 Å². The molecule has 0 radical (unpaired) electrons. The molecule has 1 fully saturated rings. The zero-order chi connectivity index (χ0) is 19.8. The summed E-state index contributed by atoms with van der Waals surface area (Å²) in [5.41, 5.74) is 4.37. The van der Waals surface area contributed by atoms with Gasteiger partial charge in [-0.15, -0.1) is 11.8 Å². The summed E-state index contributed by atoms with van der Waals surface area (Å²) >= 11 is 1.72. The van der Waals surface area contributed by atoms with Gasteiger partial charge in [0.2, 0.25) is 5.91 Å². The van der Waals surface area contributed by atoms with E-state index in [4.69, 9.17) is 5.10 Å². The van der Waals surface area contributed by atoms with Crippen LogP contribution in [0.2, 0.25) is 0 Å². The van der Waals surface area contributed by atoms with Gasteiger partial charge in [0.1, 0.15) is 5.37 Å². The molecule has 0 aliphatic carbocycles. The smallest absolute Gasteiger partial charge is 0.233 e. The molecule has 6 heteroatoms. The Morgan fingerprint density at radius 1 is 1.22 bits per heavy atom. The number of thioether (sulfide) groups is 1. The van der Waals surface area contributed by atoms with Crippen molar-refractivity contribution in [2.24, 2.45) is 5.41 Å². The third-order valence-corrected chi connectivity index (χ3v) is 6.13. The normalized spacial score (nSPS) is 18.0. The Kier molecular flexibility index (Phi) is 5.68. The van der Waals surface area contributed by atoms with Gasteiger partial charge in [-0.25, -0.2) is 4.68 Å². The molecule has 146 valence electrons. The van der Waals surface area contributed by atoms with Crippen LogP contribution in [-0.4, -0.2) is 58.4 Å². The Hall–Kier alpha value is -1.79. The van der Waals surface area contributed by atoms with Crippen molar-refractivity contribution in [1.82, 2.24) is 19.6 Å². The van der Waals surface area contributed by atoms with Gasteiger partial charge in [0.15, 0.2) is 0 Å². The van der Waals surface area contributed by atoms with Crippen molar-refractivity contribution in [3.8, 4) is 5.69 Å². The number of rotatable bonds is 6. The summed E-state index contributed by atoms with van der Waals surface area (Å²) in [7, 11) is 4.16. The molecule has 1 aliphatic heterocycles. The molecule has 2 aromatic rings. The maximum Gasteiger partial charge on any atom is 0.233 e. The van der Waals surface area contributed by atoms with Gasteiger partial charge in [-0.3, -0.25) is 4.79 Å². The third kappa shape index (κ3) is 4.22. The fourth-order valence-corrected chi connectivity index (χ4v) is 5.41. The molecule has 1 amide bonds. The maximum atomic E-state index is 12.7. The Morgan fingerprint density at radius 2 is 1.89 bits per heavy atom. The average molecular weight is 387 g/mol. The predicted molar refractivity (Wildman–Crippen MR) is 112 cm³/mol. The van der Waals surface area contributed by atoms with Crippen LogP contribution >= 0.6 is 11.8 Å². The van der Waals surface area contributed by atoms with Crippen molar-refractivity contribution in [2.45, 2.75) is 33.1 Å². The zero-order valence-corrected chi connectivity index (χ0v) is 18.0. The highest BCUT2D eigenvalue weighted by Crippen LogP contribution is 2.43. The molecule has 27 heavy (non-hydrogen) atoms. The van der Waals surface area contributed by atoms with Gasteiger partial charge in [0.05, 0.1) is 17.1 Å². The molecule has 1 unspecified atom stereocenters. The van der Waals surface area contributed by atoms with Gasteiger partial charge in [0.25, 0.3) is 0 Å². The highest BCUT2D eigenvalue weighted by Gasteiger charge is 2.39. The molecule has 1 aromatic heterocycles. The van der Waals surface area contributed by atoms with Crippen LogP contribution < -0.4 is 0 Å². The molecule has 1 atom stereocenters. The second-order valence-electron chi connectivity index (χ2n) is 8.42. The summed E-state index contributed by atoms with van der Waals surface area (Å²) in [6.07, 6.45) is 0. The number of aromatic nitrogens is 2. The van der Waals surface area contributed by atoms with Gasteiger partial charge in [-0.1, -0.05) is 32.0 Å². The first kappa shape index (κ1) is 20.0. The van der Waals surface area contributed by atoms with Crippen molar-refractivity contribution in [3.63, 3.8) is 0 Å². The fourth-order valence-electron chi connectivity index (χ4n) is 4.06. The summed E-state index contributed by atoms with van der Waals surface area (Å²) in [4.78, 5) is 16.9. The molecule has 1 aromatic carbocycles. The van der Waals surface area contributed by atoms with Crippen molar-refractivity contribution in [3.05, 3.63) is 47.3 Å². The van der Waals surface area contributed by atoms with Gasteiger partial charge in [-0.2, -0.15) is 5.10 Å². The van der Waals surface area contributed by atoms with E-state index >= 15 is 0 Å². The Balaban J connectivity index is 1.93. The molecule has 1 saturated heterocycles. The van der Waals surface area contributed by atoms with E-state index in [1.54, 1.807) is 11.8 Å². The molecule has 5 nitrogen and oxygen atoms in total. The standard InChI is InChI=1S/C21H30N4OS/c1-15-19(16(2)25(22-15)17-10-8-7-9-11-17)20-24(18(26)12-27-20)14-21(3,4)13-23(5)6/h7-11,20H,12-14H2,1-6H3. The van der Waals surface area contributed by atoms with Crippen LogP contribution in [0.4, 0.5) is 0 Å². The maximum absolute atomic E-state index is 12.7. The number of aryl methyl sites for hydroxylation is 1. The lowest BCUT2D eigenvalue weighted by Crippen LogP contribution is -2.42. The quantitative estimate of drug-likeness (QED) is 0.760. The topological polar surface area (TPSA) is 41.4 Å². The van der Waals surface area contributed by atoms with Crippen molar-refractivity contribution < 1.29 is 4.79 Å². The summed E-state index contributed by atoms with van der Waals surface area (Å²) in [6, 6.07) is 10.2. The summed E-state index contributed by atoms with van der Waals surface area (Å²) in [5, 5.41) is 4.82. The molecule has 0 spiro atoms. The number of para-hydroxylation sites is 1. The predicted octanol–water partition coefficient (Wildman–Crippen LogP) is 3.65. The van der Waals surface area contributed by atoms with E-state index < -0.39 is 0 Å². The van der Waals surface area contributed by atoms with Crippen LogP contribution in [0.5, 0.6) is 0 Å². The minimum Gasteiger partial charge on any atom is -0.325 e. The number of hydrogen-bond donors (Lipinski definition) is 0. The van der Waals surface area contributed by atoms with E-state index in [-0.39, 0.29) is 16.7 Å². The lowest BCUT2D eigenvalue weighted by atomic mass is 9.92. The van der Waals surface area contributed by atoms with E-state index in [0.29, 0.717) is 5.75 Å². The third-order valence-electron chi connectivity index (χ3n) is 4.91. The van der Waals surface area contributed by atoms with Crippen LogP contribution in [0.25, 0.3) is 5.69 Å².